The van der Waals surface area contributed by atoms with Gasteiger partial charge >= 0.3 is 0 Å². The fraction of sp³-hybridized carbons (Fsp3) is 0.116. The lowest BCUT2D eigenvalue weighted by Gasteiger charge is -2.11. The molecule has 49 heavy (non-hydrogen) atoms. The van der Waals surface area contributed by atoms with Gasteiger partial charge in [0, 0.05) is 0 Å². The Bertz CT molecular complexity index is 2340. The van der Waals surface area contributed by atoms with Gasteiger partial charge in [-0.2, -0.15) is 18.3 Å². The van der Waals surface area contributed by atoms with Crippen LogP contribution in [0, 0.1) is 27.7 Å². The van der Waals surface area contributed by atoms with E-state index in [1.54, 1.807) is 12.1 Å². The molecular weight excluding hydrogens is 604 g/mol. The van der Waals surface area contributed by atoms with Crippen LogP contribution in [0.3, 0.4) is 0 Å². The van der Waals surface area contributed by atoms with E-state index in [1.807, 2.05) is 36.4 Å². The van der Waals surface area contributed by atoms with Crippen LogP contribution in [-0.4, -0.2) is 19.3 Å². The lowest BCUT2D eigenvalue weighted by Crippen LogP contribution is -2.50. The number of nitrogens with zero attached hydrogens (tertiary/aromatic N) is 4. The third-order valence-corrected chi connectivity index (χ3v) is 9.73. The van der Waals surface area contributed by atoms with Crippen LogP contribution in [0.2, 0.25) is 0 Å². The molecule has 0 aliphatic carbocycles. The Morgan fingerprint density at radius 2 is 0.857 bits per heavy atom. The summed E-state index contributed by atoms with van der Waals surface area (Å²) in [6, 6.07) is 40.9. The monoisotopic (exact) mass is 642 g/mol. The Balaban J connectivity index is 1.25. The fourth-order valence-corrected chi connectivity index (χ4v) is 7.41. The Morgan fingerprint density at radius 3 is 1.27 bits per heavy atom. The number of hydrogen-bond acceptors (Lipinski definition) is 2. The molecule has 2 aromatic heterocycles. The van der Waals surface area contributed by atoms with Crippen molar-refractivity contribution in [3.8, 4) is 45.1 Å². The Kier molecular flexibility index (Phi) is 7.29. The topological polar surface area (TPSA) is 58.1 Å². The lowest BCUT2D eigenvalue weighted by molar-refractivity contribution is -0.890. The summed E-state index contributed by atoms with van der Waals surface area (Å²) in [5, 5.41) is 22.4. The van der Waals surface area contributed by atoms with Crippen LogP contribution in [0.5, 0.6) is 11.5 Å². The second-order valence-electron chi connectivity index (χ2n) is 13.0. The zero-order valence-corrected chi connectivity index (χ0v) is 28.1. The number of phenolic OH excluding ortho intramolecular Hbond substituents is 2. The van der Waals surface area contributed by atoms with E-state index in [0.29, 0.717) is 6.67 Å². The van der Waals surface area contributed by atoms with E-state index in [-0.39, 0.29) is 11.5 Å². The molecular formula is C43H38N4O2+2. The van der Waals surface area contributed by atoms with Crippen LogP contribution in [0.25, 0.3) is 55.7 Å². The van der Waals surface area contributed by atoms with Gasteiger partial charge < -0.3 is 10.2 Å². The third kappa shape index (κ3) is 5.13. The van der Waals surface area contributed by atoms with Crippen molar-refractivity contribution in [1.82, 2.24) is 9.13 Å². The number of imidazole rings is 2. The van der Waals surface area contributed by atoms with Crippen molar-refractivity contribution >= 4 is 22.1 Å². The minimum atomic E-state index is 0.214. The number of para-hydroxylation sites is 4. The van der Waals surface area contributed by atoms with Crippen LogP contribution >= 0.6 is 0 Å². The quantitative estimate of drug-likeness (QED) is 0.179. The number of fused-ring (bicyclic) bond motifs is 2. The molecule has 0 atom stereocenters. The molecule has 0 saturated heterocycles. The van der Waals surface area contributed by atoms with Gasteiger partial charge in [-0.05, 0) is 121 Å². The Hall–Kier alpha value is -6.14. The standard InChI is InChI=1S/C43H36N4O2/c1-28-11-9-12-29(2)42(28)32-19-21-40(48)38(23-32)46-26-44(34-15-5-7-17-36(34)46)25-45-27-47(37-18-8-6-16-35(37)45)39-24-33(20-22-41(39)49)43-30(3)13-10-14-31(43)4/h5-24,26-27H,25H2,1-4H3/p+2. The summed E-state index contributed by atoms with van der Waals surface area (Å²) in [5.74, 6) is 0.429. The SMILES string of the molecule is Cc1cccc(C)c1-c1ccc(O)c(-n2c[n+](C[n+]3cn(-c4cc(-c5c(C)cccc5C)ccc4O)c4ccccc43)c3ccccc32)c1. The number of benzene rings is 6. The number of hydrogen-bond donors (Lipinski definition) is 2. The molecule has 8 rings (SSSR count). The van der Waals surface area contributed by atoms with Crippen molar-refractivity contribution in [2.75, 3.05) is 0 Å². The molecule has 0 aliphatic heterocycles. The predicted molar refractivity (Wildman–Crippen MR) is 195 cm³/mol. The number of aryl methyl sites for hydroxylation is 4. The zero-order chi connectivity index (χ0) is 33.8. The minimum absolute atomic E-state index is 0.214. The molecule has 8 aromatic rings. The van der Waals surface area contributed by atoms with Gasteiger partial charge in [0.15, 0.2) is 44.9 Å². The summed E-state index contributed by atoms with van der Waals surface area (Å²) in [5.41, 5.74) is 14.7. The second-order valence-corrected chi connectivity index (χ2v) is 13.0. The normalized spacial score (nSPS) is 11.5. The highest BCUT2D eigenvalue weighted by Crippen LogP contribution is 2.35. The molecule has 6 aromatic carbocycles. The first-order valence-electron chi connectivity index (χ1n) is 16.6. The number of aromatic nitrogens is 4. The molecule has 0 saturated carbocycles. The van der Waals surface area contributed by atoms with Gasteiger partial charge in [0.25, 0.3) is 12.7 Å². The van der Waals surface area contributed by atoms with Crippen molar-refractivity contribution in [3.63, 3.8) is 0 Å². The smallest absolute Gasteiger partial charge is 0.253 e. The molecule has 0 aliphatic rings. The van der Waals surface area contributed by atoms with E-state index >= 15 is 0 Å². The van der Waals surface area contributed by atoms with Crippen molar-refractivity contribution in [1.29, 1.82) is 0 Å². The summed E-state index contributed by atoms with van der Waals surface area (Å²) in [6.45, 7) is 9.01. The maximum atomic E-state index is 11.2. The number of phenols is 2. The molecule has 2 N–H and O–H groups in total. The van der Waals surface area contributed by atoms with Crippen molar-refractivity contribution < 1.29 is 19.3 Å². The molecule has 0 unspecified atom stereocenters. The Morgan fingerprint density at radius 1 is 0.469 bits per heavy atom. The van der Waals surface area contributed by atoms with Gasteiger partial charge in [0.2, 0.25) is 6.67 Å². The summed E-state index contributed by atoms with van der Waals surface area (Å²) in [7, 11) is 0. The van der Waals surface area contributed by atoms with Gasteiger partial charge in [-0.25, -0.2) is 0 Å². The van der Waals surface area contributed by atoms with Gasteiger partial charge in [-0.1, -0.05) is 72.8 Å². The first kappa shape index (κ1) is 30.2. The van der Waals surface area contributed by atoms with Gasteiger partial charge in [-0.15, -0.1) is 0 Å². The van der Waals surface area contributed by atoms with Crippen LogP contribution in [0.1, 0.15) is 22.3 Å². The zero-order valence-electron chi connectivity index (χ0n) is 28.1. The van der Waals surface area contributed by atoms with Crippen LogP contribution < -0.4 is 9.13 Å². The summed E-state index contributed by atoms with van der Waals surface area (Å²) < 4.78 is 8.54. The molecule has 240 valence electrons. The predicted octanol–water partition coefficient (Wildman–Crippen LogP) is 8.63. The van der Waals surface area contributed by atoms with Gasteiger partial charge in [-0.3, -0.25) is 0 Å². The highest BCUT2D eigenvalue weighted by molar-refractivity contribution is 5.80. The highest BCUT2D eigenvalue weighted by atomic mass is 16.3. The molecule has 0 bridgehead atoms. The second kappa shape index (κ2) is 11.8. The van der Waals surface area contributed by atoms with E-state index in [9.17, 15) is 10.2 Å². The van der Waals surface area contributed by atoms with Crippen molar-refractivity contribution in [2.24, 2.45) is 0 Å². The molecule has 0 fully saturated rings. The molecule has 6 heteroatoms. The van der Waals surface area contributed by atoms with Gasteiger partial charge in [0.1, 0.15) is 0 Å². The van der Waals surface area contributed by atoms with Gasteiger partial charge in [0.05, 0.1) is 0 Å². The molecule has 6 nitrogen and oxygen atoms in total. The maximum absolute atomic E-state index is 11.2. The van der Waals surface area contributed by atoms with E-state index in [2.05, 4.69) is 131 Å². The molecule has 0 radical (unpaired) electrons. The summed E-state index contributed by atoms with van der Waals surface area (Å²) in [6.07, 6.45) is 4.12. The average molecular weight is 643 g/mol. The fourth-order valence-electron chi connectivity index (χ4n) is 7.41. The number of rotatable bonds is 6. The Labute approximate surface area is 285 Å². The first-order chi connectivity index (χ1) is 23.8. The van der Waals surface area contributed by atoms with E-state index < -0.39 is 0 Å². The molecule has 0 amide bonds. The van der Waals surface area contributed by atoms with Crippen LogP contribution in [-0.2, 0) is 6.67 Å². The molecule has 0 spiro atoms. The molecule has 2 heterocycles. The summed E-state index contributed by atoms with van der Waals surface area (Å²) in [4.78, 5) is 0. The van der Waals surface area contributed by atoms with Crippen LogP contribution in [0.4, 0.5) is 0 Å². The lowest BCUT2D eigenvalue weighted by atomic mass is 9.95. The third-order valence-electron chi connectivity index (χ3n) is 9.73. The van der Waals surface area contributed by atoms with E-state index in [4.69, 9.17) is 0 Å². The minimum Gasteiger partial charge on any atom is -0.504 e. The van der Waals surface area contributed by atoms with E-state index in [0.717, 1.165) is 44.6 Å². The first-order valence-corrected chi connectivity index (χ1v) is 16.6. The van der Waals surface area contributed by atoms with Crippen LogP contribution in [0.15, 0.2) is 134 Å². The maximum Gasteiger partial charge on any atom is 0.253 e. The summed E-state index contributed by atoms with van der Waals surface area (Å²) >= 11 is 0. The number of aromatic hydroxyl groups is 2. The van der Waals surface area contributed by atoms with Crippen molar-refractivity contribution in [2.45, 2.75) is 34.4 Å². The largest absolute Gasteiger partial charge is 0.504 e. The highest BCUT2D eigenvalue weighted by Gasteiger charge is 2.25. The van der Waals surface area contributed by atoms with E-state index in [1.165, 1.54) is 33.4 Å². The average Bonchev–Trinajstić information content (AvgIpc) is 3.64. The van der Waals surface area contributed by atoms with Crippen molar-refractivity contribution in [3.05, 3.63) is 156 Å².